The lowest BCUT2D eigenvalue weighted by molar-refractivity contribution is -0.119. The van der Waals surface area contributed by atoms with E-state index in [2.05, 4.69) is 19.8 Å². The first kappa shape index (κ1) is 16.4. The molecule has 1 aromatic heterocycles. The summed E-state index contributed by atoms with van der Waals surface area (Å²) in [6.07, 6.45) is 0. The van der Waals surface area contributed by atoms with Crippen LogP contribution in [0, 0.1) is 5.92 Å². The van der Waals surface area contributed by atoms with Gasteiger partial charge in [0.25, 0.3) is 0 Å². The fourth-order valence-corrected chi connectivity index (χ4v) is 4.13. The Morgan fingerprint density at radius 3 is 2.84 bits per heavy atom. The number of benzene rings is 2. The van der Waals surface area contributed by atoms with Crippen molar-refractivity contribution in [3.8, 4) is 0 Å². The molecule has 1 fully saturated rings. The maximum Gasteiger partial charge on any atom is 0.229 e. The van der Waals surface area contributed by atoms with Gasteiger partial charge >= 0.3 is 0 Å². The van der Waals surface area contributed by atoms with Gasteiger partial charge in [-0.15, -0.1) is 5.10 Å². The molecule has 0 radical (unpaired) electrons. The van der Waals surface area contributed by atoms with Crippen LogP contribution >= 0.6 is 23.1 Å². The van der Waals surface area contributed by atoms with Crippen molar-refractivity contribution in [2.45, 2.75) is 5.92 Å². The van der Waals surface area contributed by atoms with E-state index in [9.17, 15) is 4.79 Å². The molecule has 1 amide bonds. The van der Waals surface area contributed by atoms with Crippen molar-refractivity contribution >= 4 is 44.9 Å². The predicted molar refractivity (Wildman–Crippen MR) is 101 cm³/mol. The highest BCUT2D eigenvalue weighted by molar-refractivity contribution is 7.12. The minimum Gasteiger partial charge on any atom is -0.326 e. The summed E-state index contributed by atoms with van der Waals surface area (Å²) >= 11 is 7.32. The van der Waals surface area contributed by atoms with E-state index in [0.29, 0.717) is 5.02 Å². The van der Waals surface area contributed by atoms with E-state index in [0.717, 1.165) is 34.6 Å². The highest BCUT2D eigenvalue weighted by Gasteiger charge is 2.37. The molecule has 1 saturated heterocycles. The van der Waals surface area contributed by atoms with Crippen LogP contribution in [0.4, 0.5) is 5.69 Å². The molecule has 7 heteroatoms. The normalized spacial score (nSPS) is 20.9. The molecule has 2 aromatic carbocycles. The zero-order valence-corrected chi connectivity index (χ0v) is 15.2. The van der Waals surface area contributed by atoms with Crippen molar-refractivity contribution in [2.24, 2.45) is 5.92 Å². The molecule has 4 rings (SSSR count). The molecule has 0 bridgehead atoms. The van der Waals surface area contributed by atoms with Crippen LogP contribution in [0.2, 0.25) is 5.02 Å². The van der Waals surface area contributed by atoms with E-state index < -0.39 is 0 Å². The van der Waals surface area contributed by atoms with Crippen LogP contribution in [0.1, 0.15) is 11.5 Å². The fourth-order valence-electron chi connectivity index (χ4n) is 3.40. The Kier molecular flexibility index (Phi) is 4.41. The second kappa shape index (κ2) is 6.71. The first-order valence-corrected chi connectivity index (χ1v) is 9.22. The van der Waals surface area contributed by atoms with Crippen molar-refractivity contribution in [1.29, 1.82) is 0 Å². The third-order valence-electron chi connectivity index (χ3n) is 4.65. The standard InChI is InChI=1S/C18H17ClN4OS/c1-23-9-14(11-2-4-12(19)5-3-11)15(10-23)18(24)20-13-6-7-16-17(8-13)25-22-21-16/h2-8,14-15H,9-10H2,1H3,(H,20,24)/t14-,15+/m0/s1. The summed E-state index contributed by atoms with van der Waals surface area (Å²) in [5.74, 6) is 0.110. The highest BCUT2D eigenvalue weighted by atomic mass is 35.5. The van der Waals surface area contributed by atoms with Gasteiger partial charge in [0.2, 0.25) is 5.91 Å². The second-order valence-corrected chi connectivity index (χ2v) is 7.65. The van der Waals surface area contributed by atoms with Crippen LogP contribution in [0.25, 0.3) is 10.2 Å². The Bertz CT molecular complexity index is 911. The van der Waals surface area contributed by atoms with Crippen LogP contribution < -0.4 is 5.32 Å². The lowest BCUT2D eigenvalue weighted by Gasteiger charge is -2.18. The Hall–Kier alpha value is -2.02. The summed E-state index contributed by atoms with van der Waals surface area (Å²) < 4.78 is 4.90. The van der Waals surface area contributed by atoms with E-state index in [1.165, 1.54) is 11.5 Å². The van der Waals surface area contributed by atoms with E-state index in [1.54, 1.807) is 0 Å². The van der Waals surface area contributed by atoms with Crippen molar-refractivity contribution in [1.82, 2.24) is 14.5 Å². The number of carbonyl (C=O) groups excluding carboxylic acids is 1. The summed E-state index contributed by atoms with van der Waals surface area (Å²) in [5.41, 5.74) is 2.78. The number of aromatic nitrogens is 2. The lowest BCUT2D eigenvalue weighted by Crippen LogP contribution is -2.28. The van der Waals surface area contributed by atoms with Gasteiger partial charge in [0, 0.05) is 29.7 Å². The lowest BCUT2D eigenvalue weighted by atomic mass is 9.88. The molecule has 0 saturated carbocycles. The minimum atomic E-state index is -0.0959. The number of amides is 1. The van der Waals surface area contributed by atoms with Crippen molar-refractivity contribution < 1.29 is 4.79 Å². The van der Waals surface area contributed by atoms with Crippen LogP contribution in [-0.2, 0) is 4.79 Å². The summed E-state index contributed by atoms with van der Waals surface area (Å²) in [5, 5.41) is 7.79. The van der Waals surface area contributed by atoms with Crippen molar-refractivity contribution in [3.05, 3.63) is 53.1 Å². The molecule has 1 aliphatic heterocycles. The van der Waals surface area contributed by atoms with E-state index in [4.69, 9.17) is 11.6 Å². The van der Waals surface area contributed by atoms with Gasteiger partial charge in [-0.3, -0.25) is 4.79 Å². The number of nitrogens with zero attached hydrogens (tertiary/aromatic N) is 3. The van der Waals surface area contributed by atoms with Crippen LogP contribution in [0.5, 0.6) is 0 Å². The first-order chi connectivity index (χ1) is 12.1. The third-order valence-corrected chi connectivity index (χ3v) is 5.59. The molecule has 0 spiro atoms. The van der Waals surface area contributed by atoms with Gasteiger partial charge in [0.1, 0.15) is 5.52 Å². The summed E-state index contributed by atoms with van der Waals surface area (Å²) in [4.78, 5) is 15.1. The van der Waals surface area contributed by atoms with E-state index >= 15 is 0 Å². The number of nitrogens with one attached hydrogen (secondary N) is 1. The molecule has 2 atom stereocenters. The molecule has 3 aromatic rings. The Morgan fingerprint density at radius 1 is 1.24 bits per heavy atom. The third kappa shape index (κ3) is 3.38. The number of likely N-dealkylation sites (tertiary alicyclic amines) is 1. The van der Waals surface area contributed by atoms with Gasteiger partial charge in [0.15, 0.2) is 0 Å². The maximum absolute atomic E-state index is 12.9. The smallest absolute Gasteiger partial charge is 0.229 e. The SMILES string of the molecule is CN1C[C@@H](C(=O)Nc2ccc3nnsc3c2)[C@H](c2ccc(Cl)cc2)C1. The number of likely N-dealkylation sites (N-methyl/N-ethyl adjacent to an activating group) is 1. The molecule has 1 N–H and O–H groups in total. The van der Waals surface area contributed by atoms with Gasteiger partial charge in [-0.05, 0) is 54.5 Å². The van der Waals surface area contributed by atoms with E-state index in [1.807, 2.05) is 49.5 Å². The molecule has 5 nitrogen and oxygen atoms in total. The largest absolute Gasteiger partial charge is 0.326 e. The van der Waals surface area contributed by atoms with Gasteiger partial charge in [-0.25, -0.2) is 0 Å². The van der Waals surface area contributed by atoms with Crippen LogP contribution in [-0.4, -0.2) is 40.5 Å². The fraction of sp³-hybridized carbons (Fsp3) is 0.278. The van der Waals surface area contributed by atoms with Crippen LogP contribution in [0.15, 0.2) is 42.5 Å². The number of rotatable bonds is 3. The predicted octanol–water partition coefficient (Wildman–Crippen LogP) is 3.63. The molecular weight excluding hydrogens is 356 g/mol. The van der Waals surface area contributed by atoms with Gasteiger partial charge in [0.05, 0.1) is 10.6 Å². The number of hydrogen-bond donors (Lipinski definition) is 1. The summed E-state index contributed by atoms with van der Waals surface area (Å²) in [6, 6.07) is 13.5. The van der Waals surface area contributed by atoms with Gasteiger partial charge in [-0.2, -0.15) is 0 Å². The zero-order valence-electron chi connectivity index (χ0n) is 13.6. The Balaban J connectivity index is 1.55. The molecule has 1 aliphatic rings. The highest BCUT2D eigenvalue weighted by Crippen LogP contribution is 2.33. The molecule has 128 valence electrons. The summed E-state index contributed by atoms with van der Waals surface area (Å²) in [6.45, 7) is 1.60. The maximum atomic E-state index is 12.9. The number of hydrogen-bond acceptors (Lipinski definition) is 5. The minimum absolute atomic E-state index is 0.0427. The number of halogens is 1. The average molecular weight is 373 g/mol. The average Bonchev–Trinajstić information content (AvgIpc) is 3.21. The second-order valence-electron chi connectivity index (χ2n) is 6.43. The molecule has 0 aliphatic carbocycles. The molecule has 25 heavy (non-hydrogen) atoms. The quantitative estimate of drug-likeness (QED) is 0.762. The summed E-state index contributed by atoms with van der Waals surface area (Å²) in [7, 11) is 2.05. The molecular formula is C18H17ClN4OS. The molecule has 2 heterocycles. The molecule has 0 unspecified atom stereocenters. The Labute approximate surface area is 154 Å². The topological polar surface area (TPSA) is 58.1 Å². The van der Waals surface area contributed by atoms with Crippen molar-refractivity contribution in [3.63, 3.8) is 0 Å². The number of anilines is 1. The van der Waals surface area contributed by atoms with Gasteiger partial charge < -0.3 is 10.2 Å². The first-order valence-electron chi connectivity index (χ1n) is 8.07. The number of carbonyl (C=O) groups is 1. The van der Waals surface area contributed by atoms with Gasteiger partial charge in [-0.1, -0.05) is 28.2 Å². The van der Waals surface area contributed by atoms with Crippen LogP contribution in [0.3, 0.4) is 0 Å². The monoisotopic (exact) mass is 372 g/mol. The number of fused-ring (bicyclic) bond motifs is 1. The van der Waals surface area contributed by atoms with Crippen molar-refractivity contribution in [2.75, 3.05) is 25.5 Å². The Morgan fingerprint density at radius 2 is 2.04 bits per heavy atom. The van der Waals surface area contributed by atoms with E-state index in [-0.39, 0.29) is 17.7 Å². The zero-order chi connectivity index (χ0) is 17.4.